The van der Waals surface area contributed by atoms with Crippen LogP contribution in [-0.2, 0) is 9.59 Å². The van der Waals surface area contributed by atoms with E-state index >= 15 is 0 Å². The number of methoxy groups -OCH3 is 1. The molecule has 2 N–H and O–H groups in total. The van der Waals surface area contributed by atoms with E-state index in [2.05, 4.69) is 20.5 Å². The van der Waals surface area contributed by atoms with Crippen LogP contribution in [0.25, 0.3) is 0 Å². The molecule has 2 heterocycles. The molecule has 1 saturated heterocycles. The summed E-state index contributed by atoms with van der Waals surface area (Å²) in [7, 11) is 1.61. The molecule has 0 aliphatic carbocycles. The number of hydrogen-bond acceptors (Lipinski definition) is 6. The molecule has 7 nitrogen and oxygen atoms in total. The van der Waals surface area contributed by atoms with Crippen LogP contribution in [0.4, 0.5) is 10.8 Å². The van der Waals surface area contributed by atoms with Crippen LogP contribution in [-0.4, -0.2) is 47.9 Å². The van der Waals surface area contributed by atoms with Crippen LogP contribution in [0.15, 0.2) is 29.6 Å². The zero-order valence-corrected chi connectivity index (χ0v) is 17.2. The van der Waals surface area contributed by atoms with Crippen LogP contribution in [0.3, 0.4) is 0 Å². The monoisotopic (exact) mass is 402 g/mol. The van der Waals surface area contributed by atoms with E-state index in [1.54, 1.807) is 7.11 Å². The Morgan fingerprint density at radius 3 is 2.46 bits per heavy atom. The Morgan fingerprint density at radius 1 is 1.21 bits per heavy atom. The van der Waals surface area contributed by atoms with Crippen molar-refractivity contribution < 1.29 is 14.3 Å². The highest BCUT2D eigenvalue weighted by Gasteiger charge is 2.30. The van der Waals surface area contributed by atoms with Gasteiger partial charge in [-0.3, -0.25) is 14.5 Å². The molecule has 8 heteroatoms. The zero-order chi connectivity index (χ0) is 20.1. The van der Waals surface area contributed by atoms with E-state index in [9.17, 15) is 9.59 Å². The van der Waals surface area contributed by atoms with Crippen molar-refractivity contribution in [3.8, 4) is 5.75 Å². The molecule has 0 saturated carbocycles. The van der Waals surface area contributed by atoms with Gasteiger partial charge in [0, 0.05) is 17.0 Å². The average Bonchev–Trinajstić information content (AvgIpc) is 3.12. The number of nitrogens with one attached hydrogen (secondary N) is 2. The van der Waals surface area contributed by atoms with Gasteiger partial charge in [-0.05, 0) is 64.0 Å². The molecule has 1 aromatic carbocycles. The van der Waals surface area contributed by atoms with Crippen molar-refractivity contribution in [3.63, 3.8) is 0 Å². The van der Waals surface area contributed by atoms with Crippen molar-refractivity contribution in [1.29, 1.82) is 0 Å². The number of likely N-dealkylation sites (tertiary alicyclic amines) is 1. The third-order valence-corrected chi connectivity index (χ3v) is 5.91. The molecule has 1 aliphatic heterocycles. The molecule has 1 unspecified atom stereocenters. The number of carbonyl (C=O) groups is 2. The van der Waals surface area contributed by atoms with Crippen LogP contribution >= 0.6 is 11.3 Å². The first-order valence-corrected chi connectivity index (χ1v) is 10.3. The van der Waals surface area contributed by atoms with Gasteiger partial charge in [0.25, 0.3) is 0 Å². The van der Waals surface area contributed by atoms with Gasteiger partial charge in [-0.15, -0.1) is 11.3 Å². The molecule has 2 aromatic rings. The summed E-state index contributed by atoms with van der Waals surface area (Å²) in [6, 6.07) is 7.01. The highest BCUT2D eigenvalue weighted by Crippen LogP contribution is 2.23. The Balaban J connectivity index is 1.47. The second-order valence-corrected chi connectivity index (χ2v) is 7.85. The number of amides is 2. The first kappa shape index (κ1) is 20.3. The predicted octanol–water partition coefficient (Wildman–Crippen LogP) is 3.14. The Morgan fingerprint density at radius 2 is 1.89 bits per heavy atom. The second kappa shape index (κ2) is 9.16. The summed E-state index contributed by atoms with van der Waals surface area (Å²) in [5.41, 5.74) is 1.65. The molecule has 0 bridgehead atoms. The van der Waals surface area contributed by atoms with E-state index in [1.165, 1.54) is 11.3 Å². The topological polar surface area (TPSA) is 83.6 Å². The van der Waals surface area contributed by atoms with Crippen molar-refractivity contribution in [1.82, 2.24) is 9.88 Å². The molecule has 2 amide bonds. The van der Waals surface area contributed by atoms with Crippen molar-refractivity contribution in [2.24, 2.45) is 5.92 Å². The molecule has 1 aromatic heterocycles. The first-order valence-electron chi connectivity index (χ1n) is 9.38. The van der Waals surface area contributed by atoms with Crippen molar-refractivity contribution in [3.05, 3.63) is 35.3 Å². The highest BCUT2D eigenvalue weighted by molar-refractivity contribution is 7.13. The lowest BCUT2D eigenvalue weighted by Gasteiger charge is -2.34. The fourth-order valence-corrected chi connectivity index (χ4v) is 3.95. The van der Waals surface area contributed by atoms with E-state index in [1.807, 2.05) is 43.5 Å². The summed E-state index contributed by atoms with van der Waals surface area (Å²) in [6.45, 7) is 5.24. The Kier molecular flexibility index (Phi) is 6.64. The standard InChI is InChI=1S/C20H26N4O3S/c1-13-12-28-20(21-13)23-19(26)15-8-10-24(11-9-15)14(2)18(25)22-16-4-6-17(27-3)7-5-16/h4-7,12,14-15H,8-11H2,1-3H3,(H,22,25)(H,21,23,26). The summed E-state index contributed by atoms with van der Waals surface area (Å²) in [5.74, 6) is 0.673. The highest BCUT2D eigenvalue weighted by atomic mass is 32.1. The van der Waals surface area contributed by atoms with Crippen LogP contribution in [0.5, 0.6) is 5.75 Å². The number of thiazole rings is 1. The minimum absolute atomic E-state index is 0.0179. The number of aryl methyl sites for hydroxylation is 1. The largest absolute Gasteiger partial charge is 0.497 e. The van der Waals surface area contributed by atoms with Crippen LogP contribution in [0.1, 0.15) is 25.5 Å². The van der Waals surface area contributed by atoms with Crippen LogP contribution in [0, 0.1) is 12.8 Å². The van der Waals surface area contributed by atoms with Gasteiger partial charge in [-0.25, -0.2) is 4.98 Å². The van der Waals surface area contributed by atoms with Crippen molar-refractivity contribution in [2.45, 2.75) is 32.7 Å². The number of piperidine rings is 1. The second-order valence-electron chi connectivity index (χ2n) is 6.99. The Bertz CT molecular complexity index is 813. The fraction of sp³-hybridized carbons (Fsp3) is 0.450. The number of carbonyl (C=O) groups excluding carboxylic acids is 2. The number of hydrogen-bond donors (Lipinski definition) is 2. The van der Waals surface area contributed by atoms with E-state index in [4.69, 9.17) is 4.74 Å². The number of rotatable bonds is 6. The predicted molar refractivity (Wildman–Crippen MR) is 111 cm³/mol. The number of anilines is 2. The van der Waals surface area contributed by atoms with Gasteiger partial charge in [0.1, 0.15) is 5.75 Å². The smallest absolute Gasteiger partial charge is 0.241 e. The van der Waals surface area contributed by atoms with Crippen LogP contribution in [0.2, 0.25) is 0 Å². The fourth-order valence-electron chi connectivity index (χ4n) is 3.25. The lowest BCUT2D eigenvalue weighted by molar-refractivity contribution is -0.123. The van der Waals surface area contributed by atoms with Crippen molar-refractivity contribution in [2.75, 3.05) is 30.8 Å². The lowest BCUT2D eigenvalue weighted by Crippen LogP contribution is -2.47. The molecular formula is C20H26N4O3S. The van der Waals surface area contributed by atoms with Gasteiger partial charge in [-0.2, -0.15) is 0 Å². The quantitative estimate of drug-likeness (QED) is 0.776. The first-order chi connectivity index (χ1) is 13.5. The summed E-state index contributed by atoms with van der Waals surface area (Å²) in [5, 5.41) is 8.41. The number of benzene rings is 1. The SMILES string of the molecule is COc1ccc(NC(=O)C(C)N2CCC(C(=O)Nc3nc(C)cs3)CC2)cc1. The van der Waals surface area contributed by atoms with E-state index in [0.717, 1.165) is 30.0 Å². The molecule has 0 radical (unpaired) electrons. The van der Waals surface area contributed by atoms with Crippen molar-refractivity contribution >= 4 is 34.0 Å². The molecule has 150 valence electrons. The minimum atomic E-state index is -0.257. The molecule has 0 spiro atoms. The minimum Gasteiger partial charge on any atom is -0.497 e. The maximum atomic E-state index is 12.6. The summed E-state index contributed by atoms with van der Waals surface area (Å²) >= 11 is 1.44. The number of ether oxygens (including phenoxy) is 1. The zero-order valence-electron chi connectivity index (χ0n) is 16.4. The van der Waals surface area contributed by atoms with E-state index in [-0.39, 0.29) is 23.8 Å². The van der Waals surface area contributed by atoms with E-state index < -0.39 is 0 Å². The molecule has 1 atom stereocenters. The summed E-state index contributed by atoms with van der Waals surface area (Å²) in [6.07, 6.45) is 1.46. The van der Waals surface area contributed by atoms with Gasteiger partial charge in [0.15, 0.2) is 5.13 Å². The normalized spacial score (nSPS) is 16.4. The Labute approximate surface area is 169 Å². The molecule has 28 heavy (non-hydrogen) atoms. The Hall–Kier alpha value is -2.45. The average molecular weight is 403 g/mol. The summed E-state index contributed by atoms with van der Waals surface area (Å²) < 4.78 is 5.13. The third-order valence-electron chi connectivity index (χ3n) is 5.03. The molecule has 3 rings (SSSR count). The van der Waals surface area contributed by atoms with Gasteiger partial charge in [0.05, 0.1) is 18.8 Å². The number of aromatic nitrogens is 1. The summed E-state index contributed by atoms with van der Waals surface area (Å²) in [4.78, 5) is 31.4. The third kappa shape index (κ3) is 5.08. The maximum Gasteiger partial charge on any atom is 0.241 e. The molecule has 1 aliphatic rings. The van der Waals surface area contributed by atoms with E-state index in [0.29, 0.717) is 18.2 Å². The van der Waals surface area contributed by atoms with Gasteiger partial charge >= 0.3 is 0 Å². The number of nitrogens with zero attached hydrogens (tertiary/aromatic N) is 2. The molecular weight excluding hydrogens is 376 g/mol. The maximum absolute atomic E-state index is 12.6. The lowest BCUT2D eigenvalue weighted by atomic mass is 9.95. The van der Waals surface area contributed by atoms with Crippen LogP contribution < -0.4 is 15.4 Å². The molecule has 1 fully saturated rings. The van der Waals surface area contributed by atoms with Gasteiger partial charge in [-0.1, -0.05) is 0 Å². The van der Waals surface area contributed by atoms with Gasteiger partial charge in [0.2, 0.25) is 11.8 Å². The van der Waals surface area contributed by atoms with Gasteiger partial charge < -0.3 is 15.4 Å².